The van der Waals surface area contributed by atoms with E-state index in [9.17, 15) is 0 Å². The van der Waals surface area contributed by atoms with Crippen LogP contribution in [-0.2, 0) is 6.42 Å². The van der Waals surface area contributed by atoms with Crippen molar-refractivity contribution in [3.8, 4) is 0 Å². The highest BCUT2D eigenvalue weighted by Gasteiger charge is 2.13. The molecule has 1 aromatic rings. The molecule has 2 heterocycles. The first-order chi connectivity index (χ1) is 7.84. The van der Waals surface area contributed by atoms with Gasteiger partial charge < -0.3 is 10.6 Å². The highest BCUT2D eigenvalue weighted by atomic mass is 32.1. The van der Waals surface area contributed by atoms with Crippen LogP contribution < -0.4 is 10.6 Å². The summed E-state index contributed by atoms with van der Waals surface area (Å²) in [7, 11) is 0. The number of rotatable bonds is 5. The highest BCUT2D eigenvalue weighted by molar-refractivity contribution is 7.09. The first-order valence-corrected chi connectivity index (χ1v) is 7.21. The first kappa shape index (κ1) is 12.1. The van der Waals surface area contributed by atoms with Crippen molar-refractivity contribution in [3.05, 3.63) is 22.4 Å². The Hall–Kier alpha value is -0.380. The SMILES string of the molecule is CC(Cc1cccs1)NCC1CCCCN1. The predicted octanol–water partition coefficient (Wildman–Crippen LogP) is 2.41. The molecular formula is C13H22N2S. The van der Waals surface area contributed by atoms with E-state index in [0.717, 1.165) is 13.0 Å². The van der Waals surface area contributed by atoms with Crippen molar-refractivity contribution in [3.63, 3.8) is 0 Å². The molecule has 2 rings (SSSR count). The van der Waals surface area contributed by atoms with E-state index in [0.29, 0.717) is 12.1 Å². The van der Waals surface area contributed by atoms with Gasteiger partial charge in [-0.2, -0.15) is 0 Å². The maximum Gasteiger partial charge on any atom is 0.0192 e. The molecule has 2 nitrogen and oxygen atoms in total. The Kier molecular flexibility index (Phi) is 4.82. The second-order valence-corrected chi connectivity index (χ2v) is 5.77. The summed E-state index contributed by atoms with van der Waals surface area (Å²) in [5.41, 5.74) is 0. The van der Waals surface area contributed by atoms with Crippen LogP contribution in [0.5, 0.6) is 0 Å². The maximum atomic E-state index is 3.63. The van der Waals surface area contributed by atoms with Crippen LogP contribution >= 0.6 is 11.3 Å². The van der Waals surface area contributed by atoms with Crippen LogP contribution in [0.4, 0.5) is 0 Å². The third kappa shape index (κ3) is 3.89. The molecule has 0 spiro atoms. The number of thiophene rings is 1. The molecule has 0 radical (unpaired) electrons. The smallest absolute Gasteiger partial charge is 0.0192 e. The van der Waals surface area contributed by atoms with Gasteiger partial charge >= 0.3 is 0 Å². The molecule has 1 aromatic heterocycles. The Labute approximate surface area is 102 Å². The summed E-state index contributed by atoms with van der Waals surface area (Å²) >= 11 is 1.86. The minimum absolute atomic E-state index is 0.586. The third-order valence-electron chi connectivity index (χ3n) is 3.21. The predicted molar refractivity (Wildman–Crippen MR) is 71.1 cm³/mol. The van der Waals surface area contributed by atoms with Gasteiger partial charge in [-0.1, -0.05) is 12.5 Å². The van der Waals surface area contributed by atoms with Crippen LogP contribution in [0.3, 0.4) is 0 Å². The average molecular weight is 238 g/mol. The van der Waals surface area contributed by atoms with Gasteiger partial charge in [0, 0.05) is 23.5 Å². The molecule has 0 aliphatic carbocycles. The van der Waals surface area contributed by atoms with E-state index in [4.69, 9.17) is 0 Å². The normalized spacial score (nSPS) is 23.2. The van der Waals surface area contributed by atoms with Crippen LogP contribution in [0.15, 0.2) is 17.5 Å². The van der Waals surface area contributed by atoms with E-state index in [1.54, 1.807) is 0 Å². The van der Waals surface area contributed by atoms with E-state index in [1.807, 2.05) is 11.3 Å². The van der Waals surface area contributed by atoms with E-state index >= 15 is 0 Å². The molecule has 1 fully saturated rings. The summed E-state index contributed by atoms with van der Waals surface area (Å²) in [5.74, 6) is 0. The van der Waals surface area contributed by atoms with Crippen LogP contribution in [0.1, 0.15) is 31.1 Å². The summed E-state index contributed by atoms with van der Waals surface area (Å²) in [4.78, 5) is 1.48. The Bertz CT molecular complexity index is 278. The van der Waals surface area contributed by atoms with Crippen LogP contribution in [0, 0.1) is 0 Å². The van der Waals surface area contributed by atoms with Gasteiger partial charge in [-0.15, -0.1) is 11.3 Å². The molecule has 2 unspecified atom stereocenters. The molecule has 1 aliphatic heterocycles. The summed E-state index contributed by atoms with van der Waals surface area (Å²) in [5, 5.41) is 9.37. The summed E-state index contributed by atoms with van der Waals surface area (Å²) in [6.07, 6.45) is 5.23. The number of hydrogen-bond acceptors (Lipinski definition) is 3. The van der Waals surface area contributed by atoms with Crippen LogP contribution in [0.2, 0.25) is 0 Å². The molecule has 0 saturated carbocycles. The van der Waals surface area contributed by atoms with E-state index in [1.165, 1.54) is 30.7 Å². The third-order valence-corrected chi connectivity index (χ3v) is 4.11. The number of piperidine rings is 1. The van der Waals surface area contributed by atoms with Crippen LogP contribution in [-0.4, -0.2) is 25.2 Å². The van der Waals surface area contributed by atoms with Gasteiger partial charge in [0.05, 0.1) is 0 Å². The molecular weight excluding hydrogens is 216 g/mol. The van der Waals surface area contributed by atoms with Crippen molar-refractivity contribution in [1.29, 1.82) is 0 Å². The molecule has 0 bridgehead atoms. The van der Waals surface area contributed by atoms with Gasteiger partial charge in [-0.25, -0.2) is 0 Å². The van der Waals surface area contributed by atoms with Gasteiger partial charge in [0.15, 0.2) is 0 Å². The molecule has 3 heteroatoms. The number of nitrogens with one attached hydrogen (secondary N) is 2. The largest absolute Gasteiger partial charge is 0.313 e. The minimum Gasteiger partial charge on any atom is -0.313 e. The molecule has 0 aromatic carbocycles. The zero-order valence-electron chi connectivity index (χ0n) is 10.0. The van der Waals surface area contributed by atoms with Crippen molar-refractivity contribution >= 4 is 11.3 Å². The lowest BCUT2D eigenvalue weighted by Crippen LogP contribution is -2.44. The minimum atomic E-state index is 0.586. The van der Waals surface area contributed by atoms with E-state index in [-0.39, 0.29) is 0 Å². The fraction of sp³-hybridized carbons (Fsp3) is 0.692. The maximum absolute atomic E-state index is 3.63. The fourth-order valence-electron chi connectivity index (χ4n) is 2.24. The van der Waals surface area contributed by atoms with Crippen molar-refractivity contribution < 1.29 is 0 Å². The average Bonchev–Trinajstić information content (AvgIpc) is 2.81. The molecule has 2 atom stereocenters. The lowest BCUT2D eigenvalue weighted by Gasteiger charge is -2.25. The van der Waals surface area contributed by atoms with Crippen molar-refractivity contribution in [2.45, 2.75) is 44.7 Å². The van der Waals surface area contributed by atoms with Gasteiger partial charge in [-0.3, -0.25) is 0 Å². The van der Waals surface area contributed by atoms with Crippen molar-refractivity contribution in [1.82, 2.24) is 10.6 Å². The van der Waals surface area contributed by atoms with E-state index in [2.05, 4.69) is 35.1 Å². The van der Waals surface area contributed by atoms with Crippen molar-refractivity contribution in [2.24, 2.45) is 0 Å². The monoisotopic (exact) mass is 238 g/mol. The molecule has 2 N–H and O–H groups in total. The number of hydrogen-bond donors (Lipinski definition) is 2. The van der Waals surface area contributed by atoms with Crippen LogP contribution in [0.25, 0.3) is 0 Å². The topological polar surface area (TPSA) is 24.1 Å². The quantitative estimate of drug-likeness (QED) is 0.823. The summed E-state index contributed by atoms with van der Waals surface area (Å²) in [6.45, 7) is 4.60. The molecule has 90 valence electrons. The van der Waals surface area contributed by atoms with Crippen molar-refractivity contribution in [2.75, 3.05) is 13.1 Å². The lowest BCUT2D eigenvalue weighted by molar-refractivity contribution is 0.369. The van der Waals surface area contributed by atoms with E-state index < -0.39 is 0 Å². The molecule has 16 heavy (non-hydrogen) atoms. The fourth-order valence-corrected chi connectivity index (χ4v) is 3.08. The Morgan fingerprint density at radius 3 is 3.19 bits per heavy atom. The second kappa shape index (κ2) is 6.38. The Morgan fingerprint density at radius 2 is 2.50 bits per heavy atom. The highest BCUT2D eigenvalue weighted by Crippen LogP contribution is 2.11. The molecule has 1 saturated heterocycles. The molecule has 1 aliphatic rings. The standard InChI is InChI=1S/C13H22N2S/c1-11(9-13-6-4-8-16-13)15-10-12-5-2-3-7-14-12/h4,6,8,11-12,14-15H,2-3,5,7,9-10H2,1H3. The van der Waals surface area contributed by atoms with Gasteiger partial charge in [0.2, 0.25) is 0 Å². The Morgan fingerprint density at radius 1 is 1.56 bits per heavy atom. The second-order valence-electron chi connectivity index (χ2n) is 4.74. The molecule has 0 amide bonds. The van der Waals surface area contributed by atoms with Gasteiger partial charge in [0.1, 0.15) is 0 Å². The Balaban J connectivity index is 1.65. The lowest BCUT2D eigenvalue weighted by atomic mass is 10.0. The first-order valence-electron chi connectivity index (χ1n) is 6.34. The summed E-state index contributed by atoms with van der Waals surface area (Å²) < 4.78 is 0. The van der Waals surface area contributed by atoms with Gasteiger partial charge in [0.25, 0.3) is 0 Å². The zero-order valence-corrected chi connectivity index (χ0v) is 10.9. The summed E-state index contributed by atoms with van der Waals surface area (Å²) in [6, 6.07) is 5.64. The van der Waals surface area contributed by atoms with Gasteiger partial charge in [-0.05, 0) is 44.2 Å². The zero-order chi connectivity index (χ0) is 11.2.